The molecule has 0 spiro atoms. The quantitative estimate of drug-likeness (QED) is 0.741. The summed E-state index contributed by atoms with van der Waals surface area (Å²) in [4.78, 5) is 0. The molecule has 0 aromatic heterocycles. The maximum Gasteiger partial charge on any atom is 0.0431 e. The van der Waals surface area contributed by atoms with E-state index in [-0.39, 0.29) is 0 Å². The van der Waals surface area contributed by atoms with Gasteiger partial charge in [-0.15, -0.1) is 0 Å². The van der Waals surface area contributed by atoms with Crippen LogP contribution in [-0.2, 0) is 0 Å². The van der Waals surface area contributed by atoms with Crippen LogP contribution in [0.1, 0.15) is 27.7 Å². The van der Waals surface area contributed by atoms with Gasteiger partial charge < -0.3 is 5.32 Å². The minimum Gasteiger partial charge on any atom is -0.311 e. The lowest BCUT2D eigenvalue weighted by Gasteiger charge is -2.25. The zero-order chi connectivity index (χ0) is 11.1. The highest BCUT2D eigenvalue weighted by Gasteiger charge is 2.16. The van der Waals surface area contributed by atoms with E-state index in [0.29, 0.717) is 29.3 Å². The van der Waals surface area contributed by atoms with Crippen molar-refractivity contribution in [1.29, 1.82) is 0 Å². The average molecular weight is 238 g/mol. The molecule has 0 aromatic carbocycles. The normalized spacial score (nSPS) is 13.4. The van der Waals surface area contributed by atoms with Crippen molar-refractivity contribution in [3.05, 3.63) is 10.6 Å². The van der Waals surface area contributed by atoms with Crippen LogP contribution < -0.4 is 5.32 Å². The fraction of sp³-hybridized carbons (Fsp3) is 0.818. The summed E-state index contributed by atoms with van der Waals surface area (Å²) < 4.78 is 0. The van der Waals surface area contributed by atoms with Crippen molar-refractivity contribution in [2.75, 3.05) is 13.1 Å². The van der Waals surface area contributed by atoms with E-state index in [1.807, 2.05) is 0 Å². The van der Waals surface area contributed by atoms with E-state index in [1.54, 1.807) is 0 Å². The smallest absolute Gasteiger partial charge is 0.0431 e. The first-order valence-electron chi connectivity index (χ1n) is 5.14. The van der Waals surface area contributed by atoms with Crippen molar-refractivity contribution >= 4 is 23.2 Å². The number of hydrogen-bond acceptors (Lipinski definition) is 1. The summed E-state index contributed by atoms with van der Waals surface area (Å²) in [5.74, 6) is 2.08. The zero-order valence-corrected chi connectivity index (χ0v) is 11.0. The predicted molar refractivity (Wildman–Crippen MR) is 65.8 cm³/mol. The lowest BCUT2D eigenvalue weighted by atomic mass is 9.85. The van der Waals surface area contributed by atoms with Crippen LogP contribution in [0.15, 0.2) is 10.6 Å². The van der Waals surface area contributed by atoms with Crippen LogP contribution >= 0.6 is 23.2 Å². The Labute approximate surface area is 97.9 Å². The monoisotopic (exact) mass is 237 g/mol. The molecule has 1 nitrogen and oxygen atoms in total. The van der Waals surface area contributed by atoms with Crippen LogP contribution in [0.2, 0.25) is 0 Å². The third-order valence-electron chi connectivity index (χ3n) is 2.50. The highest BCUT2D eigenvalue weighted by Crippen LogP contribution is 2.19. The molecule has 0 aliphatic heterocycles. The molecule has 84 valence electrons. The highest BCUT2D eigenvalue weighted by atomic mass is 35.5. The fourth-order valence-corrected chi connectivity index (χ4v) is 1.81. The average Bonchev–Trinajstić information content (AvgIpc) is 2.10. The second-order valence-corrected chi connectivity index (χ2v) is 5.04. The molecule has 0 aliphatic rings. The Bertz CT molecular complexity index is 168. The maximum absolute atomic E-state index is 5.77. The second kappa shape index (κ2) is 7.56. The number of rotatable bonds is 6. The Balaban J connectivity index is 3.84. The molecular formula is C11H21Cl2N. The van der Waals surface area contributed by atoms with Crippen LogP contribution in [0.4, 0.5) is 0 Å². The van der Waals surface area contributed by atoms with Gasteiger partial charge in [0.15, 0.2) is 0 Å². The summed E-state index contributed by atoms with van der Waals surface area (Å²) in [5.41, 5.74) is 1.41. The van der Waals surface area contributed by atoms with Crippen molar-refractivity contribution < 1.29 is 0 Å². The first-order valence-corrected chi connectivity index (χ1v) is 5.96. The van der Waals surface area contributed by atoms with Crippen molar-refractivity contribution in [3.63, 3.8) is 0 Å². The summed E-state index contributed by atoms with van der Waals surface area (Å²) in [6, 6.07) is 0. The predicted octanol–water partition coefficient (Wildman–Crippen LogP) is 3.82. The standard InChI is InChI=1S/C11H21Cl2N/c1-8(2)11(9(3)4)7-14-6-10(13)5-12/h5,8-9,11,14H,6-7H2,1-4H3. The minimum absolute atomic E-state index is 0.665. The lowest BCUT2D eigenvalue weighted by molar-refractivity contribution is 0.279. The molecule has 0 saturated carbocycles. The molecular weight excluding hydrogens is 217 g/mol. The van der Waals surface area contributed by atoms with Gasteiger partial charge in [0, 0.05) is 17.1 Å². The van der Waals surface area contributed by atoms with Crippen LogP contribution in [-0.4, -0.2) is 13.1 Å². The van der Waals surface area contributed by atoms with Gasteiger partial charge in [-0.25, -0.2) is 0 Å². The molecule has 1 N–H and O–H groups in total. The van der Waals surface area contributed by atoms with Crippen LogP contribution in [0.5, 0.6) is 0 Å². The third kappa shape index (κ3) is 5.90. The Morgan fingerprint density at radius 1 is 1.21 bits per heavy atom. The fourth-order valence-electron chi connectivity index (χ4n) is 1.64. The van der Waals surface area contributed by atoms with E-state index < -0.39 is 0 Å². The molecule has 0 saturated heterocycles. The topological polar surface area (TPSA) is 12.0 Å². The van der Waals surface area contributed by atoms with E-state index in [0.717, 1.165) is 6.54 Å². The lowest BCUT2D eigenvalue weighted by Crippen LogP contribution is -2.30. The third-order valence-corrected chi connectivity index (χ3v) is 3.12. The molecule has 0 fully saturated rings. The summed E-state index contributed by atoms with van der Waals surface area (Å²) in [7, 11) is 0. The zero-order valence-electron chi connectivity index (χ0n) is 9.48. The van der Waals surface area contributed by atoms with Crippen LogP contribution in [0.3, 0.4) is 0 Å². The second-order valence-electron chi connectivity index (χ2n) is 4.34. The first-order chi connectivity index (χ1) is 6.49. The molecule has 14 heavy (non-hydrogen) atoms. The first kappa shape index (κ1) is 14.3. The van der Waals surface area contributed by atoms with Crippen molar-refractivity contribution in [2.45, 2.75) is 27.7 Å². The van der Waals surface area contributed by atoms with Gasteiger partial charge in [0.25, 0.3) is 0 Å². The van der Waals surface area contributed by atoms with Crippen molar-refractivity contribution in [1.82, 2.24) is 5.32 Å². The van der Waals surface area contributed by atoms with Crippen LogP contribution in [0, 0.1) is 17.8 Å². The van der Waals surface area contributed by atoms with E-state index in [1.165, 1.54) is 5.54 Å². The summed E-state index contributed by atoms with van der Waals surface area (Å²) in [5, 5.41) is 3.98. The molecule has 0 radical (unpaired) electrons. The van der Waals surface area contributed by atoms with E-state index >= 15 is 0 Å². The van der Waals surface area contributed by atoms with Gasteiger partial charge in [0.2, 0.25) is 0 Å². The van der Waals surface area contributed by atoms with Gasteiger partial charge in [0.1, 0.15) is 0 Å². The Morgan fingerprint density at radius 2 is 1.71 bits per heavy atom. The van der Waals surface area contributed by atoms with Gasteiger partial charge in [0.05, 0.1) is 0 Å². The van der Waals surface area contributed by atoms with Gasteiger partial charge in [-0.2, -0.15) is 0 Å². The van der Waals surface area contributed by atoms with E-state index in [4.69, 9.17) is 23.2 Å². The summed E-state index contributed by atoms with van der Waals surface area (Å²) in [6.07, 6.45) is 0. The molecule has 0 aliphatic carbocycles. The molecule has 0 rings (SSSR count). The van der Waals surface area contributed by atoms with Gasteiger partial charge >= 0.3 is 0 Å². The van der Waals surface area contributed by atoms with Gasteiger partial charge in [-0.3, -0.25) is 0 Å². The number of halogens is 2. The van der Waals surface area contributed by atoms with Gasteiger partial charge in [-0.1, -0.05) is 50.9 Å². The Hall–Kier alpha value is 0.280. The highest BCUT2D eigenvalue weighted by molar-refractivity contribution is 6.36. The van der Waals surface area contributed by atoms with E-state index in [2.05, 4.69) is 33.0 Å². The minimum atomic E-state index is 0.665. The molecule has 0 aromatic rings. The molecule has 0 heterocycles. The molecule has 0 bridgehead atoms. The largest absolute Gasteiger partial charge is 0.311 e. The summed E-state index contributed by atoms with van der Waals surface area (Å²) >= 11 is 11.2. The van der Waals surface area contributed by atoms with E-state index in [9.17, 15) is 0 Å². The molecule has 0 unspecified atom stereocenters. The maximum atomic E-state index is 5.77. The molecule has 0 atom stereocenters. The number of hydrogen-bond donors (Lipinski definition) is 1. The van der Waals surface area contributed by atoms with Crippen molar-refractivity contribution in [2.24, 2.45) is 17.8 Å². The van der Waals surface area contributed by atoms with Gasteiger partial charge in [-0.05, 0) is 24.3 Å². The Morgan fingerprint density at radius 3 is 2.07 bits per heavy atom. The van der Waals surface area contributed by atoms with Crippen LogP contribution in [0.25, 0.3) is 0 Å². The van der Waals surface area contributed by atoms with Crippen molar-refractivity contribution in [3.8, 4) is 0 Å². The SMILES string of the molecule is CC(C)C(CNCC(Cl)=CCl)C(C)C. The Kier molecular flexibility index (Phi) is 7.71. The summed E-state index contributed by atoms with van der Waals surface area (Å²) in [6.45, 7) is 10.7. The molecule has 3 heteroatoms. The number of nitrogens with one attached hydrogen (secondary N) is 1. The molecule has 0 amide bonds.